The second kappa shape index (κ2) is 7.05. The second-order valence-electron chi connectivity index (χ2n) is 5.61. The fourth-order valence-corrected chi connectivity index (χ4v) is 1.56. The summed E-state index contributed by atoms with van der Waals surface area (Å²) < 4.78 is 0. The van der Waals surface area contributed by atoms with Crippen LogP contribution in [0.2, 0.25) is 0 Å². The SMILES string of the molecule is CCNCC(=O)Nc1ccc(C(=O)NC(C)(C)C)cc1. The van der Waals surface area contributed by atoms with Crippen molar-refractivity contribution in [2.45, 2.75) is 33.2 Å². The summed E-state index contributed by atoms with van der Waals surface area (Å²) in [5, 5.41) is 8.59. The van der Waals surface area contributed by atoms with Crippen LogP contribution >= 0.6 is 0 Å². The molecule has 0 aromatic heterocycles. The van der Waals surface area contributed by atoms with E-state index in [4.69, 9.17) is 0 Å². The van der Waals surface area contributed by atoms with Gasteiger partial charge in [0.1, 0.15) is 0 Å². The fourth-order valence-electron chi connectivity index (χ4n) is 1.56. The fraction of sp³-hybridized carbons (Fsp3) is 0.467. The van der Waals surface area contributed by atoms with Crippen molar-refractivity contribution in [2.24, 2.45) is 0 Å². The van der Waals surface area contributed by atoms with E-state index in [1.165, 1.54) is 0 Å². The van der Waals surface area contributed by atoms with Gasteiger partial charge in [-0.2, -0.15) is 0 Å². The van der Waals surface area contributed by atoms with Crippen molar-refractivity contribution in [2.75, 3.05) is 18.4 Å². The number of carbonyl (C=O) groups excluding carboxylic acids is 2. The minimum absolute atomic E-state index is 0.0984. The molecule has 3 N–H and O–H groups in total. The molecule has 2 amide bonds. The standard InChI is InChI=1S/C15H23N3O2/c1-5-16-10-13(19)17-12-8-6-11(7-9-12)14(20)18-15(2,3)4/h6-9,16H,5,10H2,1-4H3,(H,17,19)(H,18,20). The van der Waals surface area contributed by atoms with Crippen molar-refractivity contribution in [3.63, 3.8) is 0 Å². The maximum atomic E-state index is 11.9. The molecule has 1 aromatic rings. The summed E-state index contributed by atoms with van der Waals surface area (Å²) in [7, 11) is 0. The first-order valence-electron chi connectivity index (χ1n) is 6.75. The van der Waals surface area contributed by atoms with Crippen LogP contribution in [0, 0.1) is 0 Å². The van der Waals surface area contributed by atoms with Crippen LogP contribution in [0.1, 0.15) is 38.1 Å². The van der Waals surface area contributed by atoms with Gasteiger partial charge < -0.3 is 16.0 Å². The van der Waals surface area contributed by atoms with Crippen molar-refractivity contribution in [1.29, 1.82) is 0 Å². The smallest absolute Gasteiger partial charge is 0.251 e. The average molecular weight is 277 g/mol. The number of hydrogen-bond donors (Lipinski definition) is 3. The Morgan fingerprint density at radius 3 is 2.20 bits per heavy atom. The predicted molar refractivity (Wildman–Crippen MR) is 80.8 cm³/mol. The van der Waals surface area contributed by atoms with Gasteiger partial charge in [0.25, 0.3) is 5.91 Å². The van der Waals surface area contributed by atoms with E-state index in [-0.39, 0.29) is 23.9 Å². The van der Waals surface area contributed by atoms with E-state index in [1.807, 2.05) is 27.7 Å². The topological polar surface area (TPSA) is 70.2 Å². The average Bonchev–Trinajstić information content (AvgIpc) is 2.35. The molecular formula is C15H23N3O2. The Morgan fingerprint density at radius 2 is 1.70 bits per heavy atom. The van der Waals surface area contributed by atoms with E-state index in [2.05, 4.69) is 16.0 Å². The maximum absolute atomic E-state index is 11.9. The summed E-state index contributed by atoms with van der Waals surface area (Å²) in [6.07, 6.45) is 0. The highest BCUT2D eigenvalue weighted by Gasteiger charge is 2.15. The van der Waals surface area contributed by atoms with E-state index in [0.717, 1.165) is 6.54 Å². The summed E-state index contributed by atoms with van der Waals surface area (Å²) in [6.45, 7) is 8.76. The van der Waals surface area contributed by atoms with Gasteiger partial charge in [-0.05, 0) is 51.6 Å². The molecule has 5 nitrogen and oxygen atoms in total. The minimum Gasteiger partial charge on any atom is -0.347 e. The molecule has 1 aromatic carbocycles. The van der Waals surface area contributed by atoms with E-state index in [1.54, 1.807) is 24.3 Å². The minimum atomic E-state index is -0.268. The van der Waals surface area contributed by atoms with Gasteiger partial charge in [0.2, 0.25) is 5.91 Å². The molecule has 0 aliphatic rings. The monoisotopic (exact) mass is 277 g/mol. The lowest BCUT2D eigenvalue weighted by molar-refractivity contribution is -0.115. The Labute approximate surface area is 120 Å². The van der Waals surface area contributed by atoms with Crippen molar-refractivity contribution < 1.29 is 9.59 Å². The van der Waals surface area contributed by atoms with Gasteiger partial charge in [-0.15, -0.1) is 0 Å². The third-order valence-electron chi connectivity index (χ3n) is 2.45. The molecule has 0 heterocycles. The lowest BCUT2D eigenvalue weighted by Crippen LogP contribution is -2.40. The van der Waals surface area contributed by atoms with Crippen molar-refractivity contribution in [3.8, 4) is 0 Å². The zero-order chi connectivity index (χ0) is 15.2. The van der Waals surface area contributed by atoms with Crippen molar-refractivity contribution in [3.05, 3.63) is 29.8 Å². The molecule has 0 bridgehead atoms. The summed E-state index contributed by atoms with van der Waals surface area (Å²) in [5.41, 5.74) is 0.986. The Balaban J connectivity index is 2.60. The number of amides is 2. The Hall–Kier alpha value is -1.88. The number of hydrogen-bond acceptors (Lipinski definition) is 3. The molecule has 0 aliphatic carbocycles. The molecule has 0 saturated carbocycles. The lowest BCUT2D eigenvalue weighted by Gasteiger charge is -2.20. The normalized spacial score (nSPS) is 11.0. The maximum Gasteiger partial charge on any atom is 0.251 e. The molecule has 0 unspecified atom stereocenters. The predicted octanol–water partition coefficient (Wildman–Crippen LogP) is 1.76. The number of anilines is 1. The molecule has 0 spiro atoms. The number of likely N-dealkylation sites (N-methyl/N-ethyl adjacent to an activating group) is 1. The van der Waals surface area contributed by atoms with Crippen LogP contribution in [-0.4, -0.2) is 30.4 Å². The van der Waals surface area contributed by atoms with E-state index in [0.29, 0.717) is 11.3 Å². The molecule has 5 heteroatoms. The zero-order valence-corrected chi connectivity index (χ0v) is 12.5. The van der Waals surface area contributed by atoms with Crippen molar-refractivity contribution >= 4 is 17.5 Å². The zero-order valence-electron chi connectivity index (χ0n) is 12.5. The van der Waals surface area contributed by atoms with Crippen LogP contribution in [-0.2, 0) is 4.79 Å². The van der Waals surface area contributed by atoms with Crippen LogP contribution in [0.4, 0.5) is 5.69 Å². The number of nitrogens with one attached hydrogen (secondary N) is 3. The molecular weight excluding hydrogens is 254 g/mol. The number of rotatable bonds is 5. The van der Waals surface area contributed by atoms with Crippen LogP contribution in [0.15, 0.2) is 24.3 Å². The first kappa shape index (κ1) is 16.2. The summed E-state index contributed by atoms with van der Waals surface area (Å²) in [5.74, 6) is -0.221. The second-order valence-corrected chi connectivity index (χ2v) is 5.61. The quantitative estimate of drug-likeness (QED) is 0.768. The Bertz CT molecular complexity index is 461. The molecule has 0 fully saturated rings. The van der Waals surface area contributed by atoms with Crippen LogP contribution < -0.4 is 16.0 Å². The first-order valence-corrected chi connectivity index (χ1v) is 6.75. The highest BCUT2D eigenvalue weighted by Crippen LogP contribution is 2.10. The van der Waals surface area contributed by atoms with Crippen molar-refractivity contribution in [1.82, 2.24) is 10.6 Å². The third kappa shape index (κ3) is 5.84. The molecule has 110 valence electrons. The highest BCUT2D eigenvalue weighted by molar-refractivity contribution is 5.96. The van der Waals surface area contributed by atoms with Gasteiger partial charge in [-0.3, -0.25) is 9.59 Å². The Kier molecular flexibility index (Phi) is 5.70. The molecule has 0 saturated heterocycles. The van der Waals surface area contributed by atoms with Crippen LogP contribution in [0.25, 0.3) is 0 Å². The molecule has 1 rings (SSSR count). The number of carbonyl (C=O) groups is 2. The van der Waals surface area contributed by atoms with Gasteiger partial charge in [-0.1, -0.05) is 6.92 Å². The van der Waals surface area contributed by atoms with Gasteiger partial charge >= 0.3 is 0 Å². The molecule has 0 aliphatic heterocycles. The molecule has 0 radical (unpaired) electrons. The molecule has 0 atom stereocenters. The number of benzene rings is 1. The van der Waals surface area contributed by atoms with E-state index in [9.17, 15) is 9.59 Å². The Morgan fingerprint density at radius 1 is 1.10 bits per heavy atom. The summed E-state index contributed by atoms with van der Waals surface area (Å²) in [6, 6.07) is 6.84. The lowest BCUT2D eigenvalue weighted by atomic mass is 10.1. The highest BCUT2D eigenvalue weighted by atomic mass is 16.2. The largest absolute Gasteiger partial charge is 0.347 e. The first-order chi connectivity index (χ1) is 9.31. The van der Waals surface area contributed by atoms with Gasteiger partial charge in [-0.25, -0.2) is 0 Å². The van der Waals surface area contributed by atoms with Gasteiger partial charge in [0.15, 0.2) is 0 Å². The van der Waals surface area contributed by atoms with E-state index < -0.39 is 0 Å². The molecule has 20 heavy (non-hydrogen) atoms. The summed E-state index contributed by atoms with van der Waals surface area (Å²) >= 11 is 0. The van der Waals surface area contributed by atoms with Gasteiger partial charge in [0.05, 0.1) is 6.54 Å². The third-order valence-corrected chi connectivity index (χ3v) is 2.45. The van der Waals surface area contributed by atoms with Crippen LogP contribution in [0.5, 0.6) is 0 Å². The van der Waals surface area contributed by atoms with E-state index >= 15 is 0 Å². The summed E-state index contributed by atoms with van der Waals surface area (Å²) in [4.78, 5) is 23.5. The van der Waals surface area contributed by atoms with Crippen LogP contribution in [0.3, 0.4) is 0 Å². The van der Waals surface area contributed by atoms with Gasteiger partial charge in [0, 0.05) is 16.8 Å².